The van der Waals surface area contributed by atoms with E-state index in [9.17, 15) is 0 Å². The standard InChI is InChI=1S/C20H38.C19H36.2C18H34O.C18H34.C17H32.C16H30O/c1-3-5-6-8-18-11-15-20(16-12-18)19-13-9-17(7-4-2)10-14-19;1-3-5-7-17-10-14-19(15-11-17)18-12-8-16(6-4-2)9-13-18;1-3-4-5-6-15-7-9-16(10-8-15)17-11-13-18(19-2)14-12-17;1-3-5-15-6-8-16(9-7-15)17-10-12-18(13-11-17)19-14-4-2;1-3-5-15-7-11-17(12-8-15)18-13-9-16(6-4-2)10-14-18;1-3-5-15-8-12-17(13-9-15)16-10-6-14(4-2)7-11-16;1-3-4-13-5-7-14(8-6-13)15-9-11-16(17-2)12-10-15/h17-20H,3-16H2,1-2H3;16-19H,3-15H2,1-2H3;2*15-18H,3-14H2,1-2H3;15-18H,3-14H2,1-2H3;14-17H,3-13H2,1-2H3;13-16H,3-12H2,1-2H3. The second-order valence-electron chi connectivity index (χ2n) is 49.6. The van der Waals surface area contributed by atoms with Gasteiger partial charge in [-0.3, -0.25) is 0 Å². The Kier molecular flexibility index (Phi) is 62.4. The maximum atomic E-state index is 5.92. The van der Waals surface area contributed by atoms with E-state index in [1.165, 1.54) is 340 Å². The SMILES string of the molecule is CCCC1CCC(C2CCC(CC)CC2)CC1.CCCC1CCC(C2CCC(CCC)CC2)CC1.CCCC1CCC(C2CCC(OC)CC2)CC1.CCCCC1CCC(C2CCC(CCC)CC2)CC1.CCCCCC1CCC(C2CCC(CCC)CC2)CC1.CCCCCC1CCC(C2CCC(OC)CC2)CC1.CCCOC1CCC(C2CCC(CCC)CC2)CC1. The summed E-state index contributed by atoms with van der Waals surface area (Å²) in [6, 6.07) is 0. The highest BCUT2D eigenvalue weighted by Crippen LogP contribution is 2.51. The molecular weight excluding hydrogens is 1560 g/mol. The molecule has 0 aromatic rings. The topological polar surface area (TPSA) is 27.7 Å². The van der Waals surface area contributed by atoms with Crippen LogP contribution >= 0.6 is 0 Å². The zero-order valence-corrected chi connectivity index (χ0v) is 90.8. The molecule has 14 rings (SSSR count). The van der Waals surface area contributed by atoms with Crippen molar-refractivity contribution >= 4 is 0 Å². The van der Waals surface area contributed by atoms with Crippen LogP contribution in [-0.4, -0.2) is 39.1 Å². The predicted molar refractivity (Wildman–Crippen MR) is 570 cm³/mol. The fourth-order valence-electron chi connectivity index (χ4n) is 31.9. The van der Waals surface area contributed by atoms with Gasteiger partial charge in [0.05, 0.1) is 18.3 Å². The number of rotatable bonds is 38. The lowest BCUT2D eigenvalue weighted by Gasteiger charge is -2.38. The average Bonchev–Trinajstić information content (AvgIpc) is 0.595. The van der Waals surface area contributed by atoms with Crippen molar-refractivity contribution in [3.63, 3.8) is 0 Å². The Bertz CT molecular complexity index is 2330. The molecule has 0 aromatic heterocycles. The maximum absolute atomic E-state index is 5.92. The molecule has 0 atom stereocenters. The summed E-state index contributed by atoms with van der Waals surface area (Å²) < 4.78 is 16.9. The van der Waals surface area contributed by atoms with Gasteiger partial charge < -0.3 is 14.2 Å². The number of ether oxygens (including phenoxy) is 3. The fraction of sp³-hybridized carbons (Fsp3) is 1.00. The summed E-state index contributed by atoms with van der Waals surface area (Å²) in [5.74, 6) is 27.0. The van der Waals surface area contributed by atoms with Crippen LogP contribution in [-0.2, 0) is 14.2 Å². The van der Waals surface area contributed by atoms with Crippen molar-refractivity contribution in [2.75, 3.05) is 20.8 Å². The summed E-state index contributed by atoms with van der Waals surface area (Å²) in [5.41, 5.74) is 0. The Morgan fingerprint density at radius 1 is 0.140 bits per heavy atom. The van der Waals surface area contributed by atoms with E-state index in [1.54, 1.807) is 193 Å². The summed E-state index contributed by atoms with van der Waals surface area (Å²) >= 11 is 0. The zero-order chi connectivity index (χ0) is 91.7. The Morgan fingerprint density at radius 3 is 0.450 bits per heavy atom. The molecule has 0 spiro atoms. The van der Waals surface area contributed by atoms with Crippen molar-refractivity contribution in [1.29, 1.82) is 0 Å². The van der Waals surface area contributed by atoms with E-state index < -0.39 is 0 Å². The highest BCUT2D eigenvalue weighted by atomic mass is 16.5. The first kappa shape index (κ1) is 114. The Morgan fingerprint density at radius 2 is 0.295 bits per heavy atom. The molecule has 0 aromatic carbocycles. The minimum absolute atomic E-state index is 0.571. The third-order valence-electron chi connectivity index (χ3n) is 40.7. The van der Waals surface area contributed by atoms with Gasteiger partial charge in [0, 0.05) is 20.8 Å². The van der Waals surface area contributed by atoms with Crippen LogP contribution in [0.2, 0.25) is 0 Å². The van der Waals surface area contributed by atoms with Crippen molar-refractivity contribution in [1.82, 2.24) is 0 Å². The first-order valence-electron chi connectivity index (χ1n) is 62.0. The van der Waals surface area contributed by atoms with Crippen LogP contribution in [0.15, 0.2) is 0 Å². The summed E-state index contributed by atoms with van der Waals surface area (Å²) in [6.45, 7) is 28.9. The molecule has 14 fully saturated rings. The van der Waals surface area contributed by atoms with E-state index in [-0.39, 0.29) is 0 Å². The molecule has 0 heterocycles. The molecule has 3 heteroatoms. The van der Waals surface area contributed by atoms with Gasteiger partial charge in [0.2, 0.25) is 0 Å². The van der Waals surface area contributed by atoms with E-state index in [2.05, 4.69) is 83.1 Å². The molecule has 0 unspecified atom stereocenters. The minimum Gasteiger partial charge on any atom is -0.381 e. The van der Waals surface area contributed by atoms with Crippen molar-refractivity contribution in [3.8, 4) is 0 Å². The smallest absolute Gasteiger partial charge is 0.0575 e. The number of hydrogen-bond donors (Lipinski definition) is 0. The molecule has 3 nitrogen and oxygen atoms in total. The summed E-state index contributed by atoms with van der Waals surface area (Å²) in [6.07, 6.45) is 125. The lowest BCUT2D eigenvalue weighted by Crippen LogP contribution is -2.28. The Balaban J connectivity index is 0.000000186. The molecule has 0 radical (unpaired) electrons. The van der Waals surface area contributed by atoms with Gasteiger partial charge in [0.25, 0.3) is 0 Å². The molecule has 0 amide bonds. The van der Waals surface area contributed by atoms with E-state index in [4.69, 9.17) is 14.2 Å². The minimum atomic E-state index is 0.571. The number of unbranched alkanes of at least 4 members (excludes halogenated alkanes) is 5. The molecule has 0 aliphatic heterocycles. The summed E-state index contributed by atoms with van der Waals surface area (Å²) in [7, 11) is 3.76. The van der Waals surface area contributed by atoms with Crippen molar-refractivity contribution in [3.05, 3.63) is 0 Å². The van der Waals surface area contributed by atoms with Crippen molar-refractivity contribution in [2.45, 2.75) is 634 Å². The second kappa shape index (κ2) is 70.5. The van der Waals surface area contributed by atoms with Gasteiger partial charge in [0.1, 0.15) is 0 Å². The lowest BCUT2D eigenvalue weighted by molar-refractivity contribution is 0.00728. The number of hydrogen-bond acceptors (Lipinski definition) is 3. The summed E-state index contributed by atoms with van der Waals surface area (Å²) in [4.78, 5) is 0. The highest BCUT2D eigenvalue weighted by Gasteiger charge is 2.39. The Hall–Kier alpha value is -0.120. The second-order valence-corrected chi connectivity index (χ2v) is 49.6. The van der Waals surface area contributed by atoms with Crippen LogP contribution in [0.5, 0.6) is 0 Å². The van der Waals surface area contributed by atoms with E-state index in [0.717, 1.165) is 155 Å². The molecule has 760 valence electrons. The van der Waals surface area contributed by atoms with Crippen molar-refractivity contribution in [2.24, 2.45) is 148 Å². The molecule has 0 N–H and O–H groups in total. The van der Waals surface area contributed by atoms with Gasteiger partial charge in [-0.15, -0.1) is 0 Å². The Labute approximate surface area is 812 Å². The largest absolute Gasteiger partial charge is 0.381 e. The quantitative estimate of drug-likeness (QED) is 0.0577. The number of methoxy groups -OCH3 is 2. The van der Waals surface area contributed by atoms with E-state index in [0.29, 0.717) is 18.3 Å². The van der Waals surface area contributed by atoms with Gasteiger partial charge in [0.15, 0.2) is 0 Å². The molecule has 0 bridgehead atoms. The fourth-order valence-corrected chi connectivity index (χ4v) is 31.9. The van der Waals surface area contributed by atoms with Crippen LogP contribution in [0.3, 0.4) is 0 Å². The third-order valence-corrected chi connectivity index (χ3v) is 40.7. The monoisotopic (exact) mass is 1800 g/mol. The van der Waals surface area contributed by atoms with E-state index in [1.807, 2.05) is 14.2 Å². The van der Waals surface area contributed by atoms with Crippen LogP contribution in [0.25, 0.3) is 0 Å². The molecular formula is C126H238O3. The van der Waals surface area contributed by atoms with Gasteiger partial charge in [-0.25, -0.2) is 0 Å². The van der Waals surface area contributed by atoms with Gasteiger partial charge in [-0.05, 0) is 373 Å². The average molecular weight is 1800 g/mol. The molecule has 14 aliphatic rings. The molecule has 129 heavy (non-hydrogen) atoms. The van der Waals surface area contributed by atoms with Crippen LogP contribution in [0, 0.1) is 148 Å². The highest BCUT2D eigenvalue weighted by molar-refractivity contribution is 4.90. The molecule has 14 saturated carbocycles. The lowest BCUT2D eigenvalue weighted by atomic mass is 9.68. The van der Waals surface area contributed by atoms with Gasteiger partial charge >= 0.3 is 0 Å². The normalized spacial score (nSPS) is 37.1. The van der Waals surface area contributed by atoms with Crippen LogP contribution < -0.4 is 0 Å². The van der Waals surface area contributed by atoms with Gasteiger partial charge in [-0.1, -0.05) is 391 Å². The van der Waals surface area contributed by atoms with Crippen LogP contribution in [0.4, 0.5) is 0 Å². The maximum Gasteiger partial charge on any atom is 0.0575 e. The van der Waals surface area contributed by atoms with Crippen LogP contribution in [0.1, 0.15) is 616 Å². The predicted octanol–water partition coefficient (Wildman–Crippen LogP) is 41.5. The first-order chi connectivity index (χ1) is 63.3. The van der Waals surface area contributed by atoms with Gasteiger partial charge in [-0.2, -0.15) is 0 Å². The molecule has 0 saturated heterocycles. The van der Waals surface area contributed by atoms with E-state index >= 15 is 0 Å². The first-order valence-corrected chi connectivity index (χ1v) is 62.0. The summed E-state index contributed by atoms with van der Waals surface area (Å²) in [5, 5.41) is 0. The third kappa shape index (κ3) is 44.7. The van der Waals surface area contributed by atoms with Crippen molar-refractivity contribution < 1.29 is 14.2 Å². The molecule has 14 aliphatic carbocycles. The zero-order valence-electron chi connectivity index (χ0n) is 90.8.